The number of benzene rings is 1. The van der Waals surface area contributed by atoms with Crippen LogP contribution in [0.3, 0.4) is 0 Å². The molecule has 9 nitrogen and oxygen atoms in total. The molecule has 2 unspecified atom stereocenters. The third-order valence-corrected chi connectivity index (χ3v) is 5.27. The Kier molecular flexibility index (Phi) is 7.35. The van der Waals surface area contributed by atoms with Gasteiger partial charge in [-0.25, -0.2) is 4.39 Å². The number of nitrogens with zero attached hydrogens (tertiary/aromatic N) is 4. The van der Waals surface area contributed by atoms with Crippen LogP contribution in [0.5, 0.6) is 0 Å². The van der Waals surface area contributed by atoms with Crippen molar-refractivity contribution in [2.24, 2.45) is 0 Å². The molecule has 1 aromatic carbocycles. The van der Waals surface area contributed by atoms with Gasteiger partial charge in [-0.15, -0.1) is 0 Å². The van der Waals surface area contributed by atoms with E-state index in [-0.39, 0.29) is 37.2 Å². The van der Waals surface area contributed by atoms with Crippen molar-refractivity contribution >= 4 is 23.2 Å². The molecule has 0 saturated carbocycles. The number of hydrogen-bond acceptors (Lipinski definition) is 6. The lowest BCUT2D eigenvalue weighted by Gasteiger charge is -2.38. The van der Waals surface area contributed by atoms with Crippen molar-refractivity contribution in [1.29, 1.82) is 0 Å². The molecule has 2 atom stereocenters. The minimum Gasteiger partial charge on any atom is -0.376 e. The summed E-state index contributed by atoms with van der Waals surface area (Å²) < 4.78 is 21.5. The molecule has 162 valence electrons. The zero-order valence-electron chi connectivity index (χ0n) is 16.5. The molecular weight excluding hydrogens is 417 g/mol. The van der Waals surface area contributed by atoms with Gasteiger partial charge in [0, 0.05) is 43.2 Å². The maximum atomic E-state index is 14.6. The fourth-order valence-corrected chi connectivity index (χ4v) is 3.74. The van der Waals surface area contributed by atoms with Gasteiger partial charge in [0.2, 0.25) is 5.91 Å². The first-order valence-electron chi connectivity index (χ1n) is 9.58. The van der Waals surface area contributed by atoms with Gasteiger partial charge >= 0.3 is 5.69 Å². The molecule has 1 saturated heterocycles. The van der Waals surface area contributed by atoms with E-state index >= 15 is 0 Å². The largest absolute Gasteiger partial charge is 0.376 e. The molecule has 2 aromatic rings. The van der Waals surface area contributed by atoms with Crippen LogP contribution in [-0.2, 0) is 16.1 Å². The zero-order chi connectivity index (χ0) is 21.7. The van der Waals surface area contributed by atoms with Crippen molar-refractivity contribution < 1.29 is 18.8 Å². The molecule has 3 rings (SSSR count). The number of nitro groups is 1. The molecule has 0 bridgehead atoms. The lowest BCUT2D eigenvalue weighted by molar-refractivity contribution is -0.385. The SMILES string of the molecule is CC1CN(C(CNC(=O)CCn2cc([N+](=O)[O-])cn2)c2c(F)cccc2Cl)CCO1. The van der Waals surface area contributed by atoms with Crippen LogP contribution in [-0.4, -0.2) is 57.9 Å². The van der Waals surface area contributed by atoms with Crippen molar-refractivity contribution in [3.05, 3.63) is 57.1 Å². The summed E-state index contributed by atoms with van der Waals surface area (Å²) in [5.74, 6) is -0.698. The van der Waals surface area contributed by atoms with Gasteiger partial charge in [0.05, 0.1) is 23.7 Å². The molecule has 0 aliphatic carbocycles. The standard InChI is InChI=1S/C19H23ClFN5O4/c1-13-11-24(7-8-30-13)17(19-15(20)3-2-4-16(19)21)10-22-18(27)5-6-25-12-14(9-23-25)26(28)29/h2-4,9,12-13,17H,5-8,10-11H2,1H3,(H,22,27). The minimum atomic E-state index is -0.546. The van der Waals surface area contributed by atoms with Crippen LogP contribution in [0.15, 0.2) is 30.6 Å². The summed E-state index contributed by atoms with van der Waals surface area (Å²) in [5, 5.41) is 17.7. The number of ether oxygens (including phenoxy) is 1. The van der Waals surface area contributed by atoms with Gasteiger partial charge in [0.15, 0.2) is 0 Å². The van der Waals surface area contributed by atoms with Crippen LogP contribution in [0.4, 0.5) is 10.1 Å². The molecule has 1 fully saturated rings. The average Bonchev–Trinajstić information content (AvgIpc) is 3.18. The van der Waals surface area contributed by atoms with Crippen molar-refractivity contribution in [3.8, 4) is 0 Å². The molecule has 0 radical (unpaired) electrons. The van der Waals surface area contributed by atoms with Crippen LogP contribution >= 0.6 is 11.6 Å². The maximum absolute atomic E-state index is 14.6. The average molecular weight is 440 g/mol. The van der Waals surface area contributed by atoms with Crippen LogP contribution in [0, 0.1) is 15.9 Å². The summed E-state index contributed by atoms with van der Waals surface area (Å²) in [6, 6.07) is 4.08. The fourth-order valence-electron chi connectivity index (χ4n) is 3.46. The number of nitrogens with one attached hydrogen (secondary N) is 1. The molecule has 11 heteroatoms. The first-order chi connectivity index (χ1) is 14.3. The Hall–Kier alpha value is -2.56. The number of carbonyl (C=O) groups is 1. The lowest BCUT2D eigenvalue weighted by atomic mass is 10.0. The Labute approximate surface area is 177 Å². The molecule has 1 aliphatic rings. The Bertz CT molecular complexity index is 889. The van der Waals surface area contributed by atoms with E-state index in [1.807, 2.05) is 6.92 Å². The third-order valence-electron chi connectivity index (χ3n) is 4.94. The van der Waals surface area contributed by atoms with Crippen LogP contribution < -0.4 is 5.32 Å². The van der Waals surface area contributed by atoms with Gasteiger partial charge in [0.25, 0.3) is 0 Å². The molecule has 0 spiro atoms. The number of rotatable bonds is 8. The smallest absolute Gasteiger partial charge is 0.306 e. The van der Waals surface area contributed by atoms with E-state index in [1.54, 1.807) is 12.1 Å². The summed E-state index contributed by atoms with van der Waals surface area (Å²) in [6.45, 7) is 3.99. The molecule has 1 N–H and O–H groups in total. The highest BCUT2D eigenvalue weighted by Gasteiger charge is 2.29. The van der Waals surface area contributed by atoms with E-state index in [0.717, 1.165) is 6.20 Å². The highest BCUT2D eigenvalue weighted by Crippen LogP contribution is 2.31. The predicted octanol–water partition coefficient (Wildman–Crippen LogP) is 2.55. The van der Waals surface area contributed by atoms with Gasteiger partial charge in [-0.3, -0.25) is 24.5 Å². The lowest BCUT2D eigenvalue weighted by Crippen LogP contribution is -2.47. The van der Waals surface area contributed by atoms with Gasteiger partial charge < -0.3 is 10.1 Å². The zero-order valence-corrected chi connectivity index (χ0v) is 17.2. The summed E-state index contributed by atoms with van der Waals surface area (Å²) in [5.41, 5.74) is 0.211. The molecule has 2 heterocycles. The van der Waals surface area contributed by atoms with Gasteiger partial charge in [0.1, 0.15) is 18.2 Å². The second-order valence-electron chi connectivity index (χ2n) is 7.10. The first kappa shape index (κ1) is 22.1. The highest BCUT2D eigenvalue weighted by atomic mass is 35.5. The second-order valence-corrected chi connectivity index (χ2v) is 7.51. The maximum Gasteiger partial charge on any atom is 0.306 e. The van der Waals surface area contributed by atoms with Crippen LogP contribution in [0.25, 0.3) is 0 Å². The van der Waals surface area contributed by atoms with E-state index < -0.39 is 16.8 Å². The quantitative estimate of drug-likeness (QED) is 0.501. The Morgan fingerprint density at radius 1 is 1.53 bits per heavy atom. The molecule has 1 aromatic heterocycles. The summed E-state index contributed by atoms with van der Waals surface area (Å²) >= 11 is 6.29. The van der Waals surface area contributed by atoms with E-state index in [0.29, 0.717) is 30.3 Å². The molecular formula is C19H23ClFN5O4. The van der Waals surface area contributed by atoms with Gasteiger partial charge in [-0.05, 0) is 19.1 Å². The van der Waals surface area contributed by atoms with E-state index in [2.05, 4.69) is 15.3 Å². The van der Waals surface area contributed by atoms with Crippen molar-refractivity contribution in [3.63, 3.8) is 0 Å². The number of amides is 1. The molecule has 1 aliphatic heterocycles. The topological polar surface area (TPSA) is 103 Å². The highest BCUT2D eigenvalue weighted by molar-refractivity contribution is 6.31. The third kappa shape index (κ3) is 5.53. The Morgan fingerprint density at radius 2 is 2.33 bits per heavy atom. The minimum absolute atomic E-state index is 0.0156. The summed E-state index contributed by atoms with van der Waals surface area (Å²) in [4.78, 5) is 24.6. The van der Waals surface area contributed by atoms with Crippen molar-refractivity contribution in [1.82, 2.24) is 20.0 Å². The molecule has 30 heavy (non-hydrogen) atoms. The Morgan fingerprint density at radius 3 is 3.00 bits per heavy atom. The summed E-state index contributed by atoms with van der Waals surface area (Å²) in [7, 11) is 0. The normalized spacial score (nSPS) is 18.2. The summed E-state index contributed by atoms with van der Waals surface area (Å²) in [6.07, 6.45) is 2.46. The van der Waals surface area contributed by atoms with Crippen LogP contribution in [0.2, 0.25) is 5.02 Å². The number of aryl methyl sites for hydroxylation is 1. The van der Waals surface area contributed by atoms with Crippen LogP contribution in [0.1, 0.15) is 24.9 Å². The Balaban J connectivity index is 1.65. The van der Waals surface area contributed by atoms with E-state index in [4.69, 9.17) is 16.3 Å². The first-order valence-corrected chi connectivity index (χ1v) is 9.96. The van der Waals surface area contributed by atoms with Crippen molar-refractivity contribution in [2.75, 3.05) is 26.2 Å². The number of morpholine rings is 1. The van der Waals surface area contributed by atoms with E-state index in [9.17, 15) is 19.3 Å². The van der Waals surface area contributed by atoms with Gasteiger partial charge in [-0.2, -0.15) is 5.10 Å². The van der Waals surface area contributed by atoms with Crippen molar-refractivity contribution in [2.45, 2.75) is 32.0 Å². The number of halogens is 2. The van der Waals surface area contributed by atoms with Gasteiger partial charge in [-0.1, -0.05) is 17.7 Å². The number of carbonyl (C=O) groups excluding carboxylic acids is 1. The fraction of sp³-hybridized carbons (Fsp3) is 0.474. The monoisotopic (exact) mass is 439 g/mol. The number of hydrogen-bond donors (Lipinski definition) is 1. The second kappa shape index (κ2) is 9.96. The molecule has 1 amide bonds. The predicted molar refractivity (Wildman–Crippen MR) is 108 cm³/mol. The number of aromatic nitrogens is 2. The van der Waals surface area contributed by atoms with E-state index in [1.165, 1.54) is 16.9 Å².